The van der Waals surface area contributed by atoms with Gasteiger partial charge in [0.2, 0.25) is 0 Å². The molecule has 0 aliphatic carbocycles. The van der Waals surface area contributed by atoms with Gasteiger partial charge in [-0.3, -0.25) is 0 Å². The van der Waals surface area contributed by atoms with Crippen LogP contribution in [0.5, 0.6) is 0 Å². The number of hydrogen-bond acceptors (Lipinski definition) is 2. The zero-order chi connectivity index (χ0) is 11.9. The van der Waals surface area contributed by atoms with Crippen LogP contribution in [0.15, 0.2) is 24.3 Å². The molecule has 1 aromatic rings. The number of fused-ring (bicyclic) bond motifs is 1. The predicted molar refractivity (Wildman–Crippen MR) is 68.9 cm³/mol. The second kappa shape index (κ2) is 4.11. The zero-order valence-electron chi connectivity index (χ0n) is 10.5. The first kappa shape index (κ1) is 11.2. The highest BCUT2D eigenvalue weighted by Crippen LogP contribution is 2.39. The van der Waals surface area contributed by atoms with E-state index in [1.165, 1.54) is 24.9 Å². The molecule has 3 rings (SSSR count). The Balaban J connectivity index is 1.83. The lowest BCUT2D eigenvalue weighted by atomic mass is 9.81. The summed E-state index contributed by atoms with van der Waals surface area (Å²) in [6, 6.07) is 9.01. The first-order chi connectivity index (χ1) is 8.17. The Hall–Kier alpha value is -0.860. The Labute approximate surface area is 103 Å². The Morgan fingerprint density at radius 2 is 2.00 bits per heavy atom. The van der Waals surface area contributed by atoms with E-state index in [0.29, 0.717) is 6.04 Å². The molecule has 0 spiro atoms. The normalized spacial score (nSPS) is 33.6. The summed E-state index contributed by atoms with van der Waals surface area (Å²) in [6.45, 7) is 4.37. The Kier molecular flexibility index (Phi) is 2.72. The van der Waals surface area contributed by atoms with Crippen LogP contribution in [0.1, 0.15) is 36.8 Å². The Morgan fingerprint density at radius 1 is 1.24 bits per heavy atom. The van der Waals surface area contributed by atoms with E-state index in [-0.39, 0.29) is 0 Å². The molecular weight excluding hydrogens is 210 g/mol. The second-order valence-corrected chi connectivity index (χ2v) is 5.68. The van der Waals surface area contributed by atoms with E-state index in [0.717, 1.165) is 24.9 Å². The van der Waals surface area contributed by atoms with Gasteiger partial charge in [0, 0.05) is 12.6 Å². The third-order valence-electron chi connectivity index (χ3n) is 4.47. The summed E-state index contributed by atoms with van der Waals surface area (Å²) < 4.78 is 0. The van der Waals surface area contributed by atoms with Crippen LogP contribution < -0.4 is 0 Å². The minimum atomic E-state index is -0.584. The fourth-order valence-electron chi connectivity index (χ4n) is 3.37. The summed E-state index contributed by atoms with van der Waals surface area (Å²) in [6.07, 6.45) is 4.35. The molecule has 1 N–H and O–H groups in total. The van der Waals surface area contributed by atoms with Crippen molar-refractivity contribution in [2.24, 2.45) is 0 Å². The number of aryl methyl sites for hydroxylation is 1. The van der Waals surface area contributed by atoms with Crippen molar-refractivity contribution in [1.82, 2.24) is 4.90 Å². The number of piperidine rings is 1. The van der Waals surface area contributed by atoms with Gasteiger partial charge in [-0.1, -0.05) is 29.8 Å². The molecule has 17 heavy (non-hydrogen) atoms. The summed E-state index contributed by atoms with van der Waals surface area (Å²) in [5.74, 6) is 0. The molecule has 2 fully saturated rings. The fraction of sp³-hybridized carbons (Fsp3) is 0.600. The average Bonchev–Trinajstić information content (AvgIpc) is 2.76. The molecule has 0 aromatic heterocycles. The number of aliphatic hydroxyl groups is 1. The molecule has 2 unspecified atom stereocenters. The number of nitrogens with zero attached hydrogens (tertiary/aromatic N) is 1. The third-order valence-corrected chi connectivity index (χ3v) is 4.47. The van der Waals surface area contributed by atoms with E-state index in [1.54, 1.807) is 0 Å². The maximum atomic E-state index is 10.9. The van der Waals surface area contributed by atoms with E-state index in [2.05, 4.69) is 36.1 Å². The fourth-order valence-corrected chi connectivity index (χ4v) is 3.37. The van der Waals surface area contributed by atoms with Crippen LogP contribution in [-0.4, -0.2) is 29.1 Å². The second-order valence-electron chi connectivity index (χ2n) is 5.68. The van der Waals surface area contributed by atoms with Crippen molar-refractivity contribution in [3.05, 3.63) is 35.4 Å². The lowest BCUT2D eigenvalue weighted by Gasteiger charge is -2.41. The Morgan fingerprint density at radius 3 is 2.76 bits per heavy atom. The standard InChI is InChI=1S/C15H21NO/c1-12-4-6-13(7-5-12)15(17)8-10-16-9-2-3-14(16)11-15/h4-7,14,17H,2-3,8-11H2,1H3. The highest BCUT2D eigenvalue weighted by molar-refractivity contribution is 5.27. The molecule has 0 radical (unpaired) electrons. The van der Waals surface area contributed by atoms with Gasteiger partial charge >= 0.3 is 0 Å². The van der Waals surface area contributed by atoms with E-state index in [1.807, 2.05) is 0 Å². The SMILES string of the molecule is Cc1ccc(C2(O)CCN3CCCC3C2)cc1. The van der Waals surface area contributed by atoms with Crippen LogP contribution in [0.3, 0.4) is 0 Å². The molecule has 0 amide bonds. The smallest absolute Gasteiger partial charge is 0.0923 e. The van der Waals surface area contributed by atoms with Gasteiger partial charge in [0.1, 0.15) is 0 Å². The largest absolute Gasteiger partial charge is 0.385 e. The maximum Gasteiger partial charge on any atom is 0.0923 e. The number of benzene rings is 1. The molecule has 0 saturated carbocycles. The monoisotopic (exact) mass is 231 g/mol. The van der Waals surface area contributed by atoms with Crippen LogP contribution in [-0.2, 0) is 5.60 Å². The van der Waals surface area contributed by atoms with Gasteiger partial charge < -0.3 is 10.0 Å². The van der Waals surface area contributed by atoms with Gasteiger partial charge in [-0.25, -0.2) is 0 Å². The Bertz CT molecular complexity index is 400. The van der Waals surface area contributed by atoms with Gasteiger partial charge in [0.15, 0.2) is 0 Å². The molecule has 2 aliphatic heterocycles. The highest BCUT2D eigenvalue weighted by atomic mass is 16.3. The number of rotatable bonds is 1. The van der Waals surface area contributed by atoms with E-state index >= 15 is 0 Å². The van der Waals surface area contributed by atoms with Gasteiger partial charge in [-0.2, -0.15) is 0 Å². The molecular formula is C15H21NO. The first-order valence-electron chi connectivity index (χ1n) is 6.71. The average molecular weight is 231 g/mol. The summed E-state index contributed by atoms with van der Waals surface area (Å²) >= 11 is 0. The van der Waals surface area contributed by atoms with Gasteiger partial charge in [0.05, 0.1) is 5.60 Å². The molecule has 2 atom stereocenters. The quantitative estimate of drug-likeness (QED) is 0.802. The lowest BCUT2D eigenvalue weighted by molar-refractivity contribution is -0.0408. The summed E-state index contributed by atoms with van der Waals surface area (Å²) in [5.41, 5.74) is 1.78. The van der Waals surface area contributed by atoms with Crippen LogP contribution in [0.4, 0.5) is 0 Å². The molecule has 2 saturated heterocycles. The topological polar surface area (TPSA) is 23.5 Å². The van der Waals surface area contributed by atoms with Gasteiger partial charge in [0.25, 0.3) is 0 Å². The first-order valence-corrected chi connectivity index (χ1v) is 6.71. The molecule has 2 heterocycles. The minimum absolute atomic E-state index is 0.584. The summed E-state index contributed by atoms with van der Waals surface area (Å²) in [4.78, 5) is 2.54. The van der Waals surface area contributed by atoms with Crippen molar-refractivity contribution in [2.75, 3.05) is 13.1 Å². The molecule has 0 bridgehead atoms. The maximum absolute atomic E-state index is 10.9. The predicted octanol–water partition coefficient (Wildman–Crippen LogP) is 2.44. The third kappa shape index (κ3) is 2.00. The van der Waals surface area contributed by atoms with Crippen LogP contribution in [0.2, 0.25) is 0 Å². The highest BCUT2D eigenvalue weighted by Gasteiger charge is 2.40. The zero-order valence-corrected chi connectivity index (χ0v) is 10.5. The van der Waals surface area contributed by atoms with Crippen molar-refractivity contribution < 1.29 is 5.11 Å². The van der Waals surface area contributed by atoms with Gasteiger partial charge in [-0.05, 0) is 44.7 Å². The van der Waals surface area contributed by atoms with Crippen molar-refractivity contribution in [3.8, 4) is 0 Å². The van der Waals surface area contributed by atoms with Crippen molar-refractivity contribution >= 4 is 0 Å². The van der Waals surface area contributed by atoms with Gasteiger partial charge in [-0.15, -0.1) is 0 Å². The molecule has 2 nitrogen and oxygen atoms in total. The van der Waals surface area contributed by atoms with Crippen LogP contribution in [0, 0.1) is 6.92 Å². The minimum Gasteiger partial charge on any atom is -0.385 e. The van der Waals surface area contributed by atoms with Crippen LogP contribution >= 0.6 is 0 Å². The molecule has 92 valence electrons. The molecule has 1 aromatic carbocycles. The van der Waals surface area contributed by atoms with E-state index in [4.69, 9.17) is 0 Å². The molecule has 2 aliphatic rings. The number of hydrogen-bond donors (Lipinski definition) is 1. The van der Waals surface area contributed by atoms with Crippen molar-refractivity contribution in [2.45, 2.75) is 44.2 Å². The van der Waals surface area contributed by atoms with E-state index < -0.39 is 5.60 Å². The van der Waals surface area contributed by atoms with Crippen molar-refractivity contribution in [3.63, 3.8) is 0 Å². The van der Waals surface area contributed by atoms with Crippen molar-refractivity contribution in [1.29, 1.82) is 0 Å². The van der Waals surface area contributed by atoms with E-state index in [9.17, 15) is 5.11 Å². The van der Waals surface area contributed by atoms with Crippen LogP contribution in [0.25, 0.3) is 0 Å². The summed E-state index contributed by atoms with van der Waals surface area (Å²) in [7, 11) is 0. The molecule has 2 heteroatoms. The lowest BCUT2D eigenvalue weighted by Crippen LogP contribution is -2.45. The summed E-state index contributed by atoms with van der Waals surface area (Å²) in [5, 5.41) is 10.9.